The minimum Gasteiger partial charge on any atom is -0.351 e. The van der Waals surface area contributed by atoms with Gasteiger partial charge in [0.2, 0.25) is 17.7 Å². The van der Waals surface area contributed by atoms with Gasteiger partial charge in [-0.2, -0.15) is 8.78 Å². The molecule has 3 aliphatic heterocycles. The number of hydrogen-bond donors (Lipinski definition) is 4. The van der Waals surface area contributed by atoms with Crippen molar-refractivity contribution in [3.63, 3.8) is 0 Å². The molecule has 0 spiro atoms. The first-order valence-corrected chi connectivity index (χ1v) is 16.8. The fraction of sp³-hybridized carbons (Fsp3) is 0.419. The molecular formula is C31H33F3N5O7P. The summed E-state index contributed by atoms with van der Waals surface area (Å²) < 4.78 is 54.3. The predicted molar refractivity (Wildman–Crippen MR) is 162 cm³/mol. The maximum absolute atomic E-state index is 14.3. The molecule has 16 heteroatoms. The molecule has 3 aromatic rings. The summed E-state index contributed by atoms with van der Waals surface area (Å²) >= 11 is 0. The number of fused-ring (bicyclic) bond motifs is 3. The van der Waals surface area contributed by atoms with Crippen LogP contribution in [0.4, 0.5) is 13.2 Å². The van der Waals surface area contributed by atoms with Crippen molar-refractivity contribution in [1.29, 1.82) is 0 Å². The minimum absolute atomic E-state index is 0.0726. The topological polar surface area (TPSA) is 163 Å². The normalized spacial score (nSPS) is 22.0. The van der Waals surface area contributed by atoms with E-state index in [2.05, 4.69) is 10.3 Å². The van der Waals surface area contributed by atoms with Gasteiger partial charge in [0.1, 0.15) is 23.6 Å². The standard InChI is InChI=1S/C31H33F3N5O7P/c1-17(40)37-11-9-21-6-8-27(30(43)38-12-10-22-18(15-38)3-2-4-23(22)32)39(21)29(42)26(16-37)36-28(41)25-14-19-13-20(5-7-24(19)35-25)31(33,34)47(44,45)46/h2-5,7,13-14,21,26-27,35H,6,8-12,15-16H2,1H3,(H,36,41)(H2,44,45,46)/t21-,26+,27+/m1/s1. The van der Waals surface area contributed by atoms with Gasteiger partial charge in [0.05, 0.1) is 0 Å². The summed E-state index contributed by atoms with van der Waals surface area (Å²) in [6.45, 7) is 1.96. The average molecular weight is 676 g/mol. The molecule has 3 aliphatic rings. The Kier molecular flexibility index (Phi) is 8.43. The highest BCUT2D eigenvalue weighted by Crippen LogP contribution is 2.59. The van der Waals surface area contributed by atoms with E-state index in [4.69, 9.17) is 9.79 Å². The van der Waals surface area contributed by atoms with Crippen LogP contribution in [0.3, 0.4) is 0 Å². The zero-order valence-corrected chi connectivity index (χ0v) is 26.2. The highest BCUT2D eigenvalue weighted by atomic mass is 31.2. The third-order valence-corrected chi connectivity index (χ3v) is 10.3. The van der Waals surface area contributed by atoms with Crippen LogP contribution >= 0.6 is 7.60 Å². The van der Waals surface area contributed by atoms with E-state index in [-0.39, 0.29) is 66.4 Å². The Balaban J connectivity index is 1.24. The molecular weight excluding hydrogens is 642 g/mol. The summed E-state index contributed by atoms with van der Waals surface area (Å²) in [5.74, 6) is -2.24. The van der Waals surface area contributed by atoms with Gasteiger partial charge in [-0.1, -0.05) is 18.2 Å². The molecule has 0 radical (unpaired) electrons. The van der Waals surface area contributed by atoms with E-state index in [0.717, 1.165) is 18.2 Å². The van der Waals surface area contributed by atoms with Crippen LogP contribution in [0.1, 0.15) is 53.4 Å². The second-order valence-corrected chi connectivity index (χ2v) is 13.9. The van der Waals surface area contributed by atoms with Crippen LogP contribution in [-0.4, -0.2) is 90.9 Å². The van der Waals surface area contributed by atoms with Gasteiger partial charge in [0.15, 0.2) is 0 Å². The Bertz CT molecular complexity index is 1830. The quantitative estimate of drug-likeness (QED) is 0.302. The number of nitrogens with one attached hydrogen (secondary N) is 2. The third kappa shape index (κ3) is 6.03. The number of H-pyrrole nitrogens is 1. The molecule has 0 saturated carbocycles. The van der Waals surface area contributed by atoms with Gasteiger partial charge in [0, 0.05) is 55.6 Å². The summed E-state index contributed by atoms with van der Waals surface area (Å²) in [5, 5.41) is 2.72. The second-order valence-electron chi connectivity index (χ2n) is 12.2. The number of carbonyl (C=O) groups is 4. The summed E-state index contributed by atoms with van der Waals surface area (Å²) in [5.41, 5.74) is -4.00. The number of aromatic nitrogens is 1. The first-order chi connectivity index (χ1) is 22.2. The molecule has 47 heavy (non-hydrogen) atoms. The molecule has 4 N–H and O–H groups in total. The van der Waals surface area contributed by atoms with Gasteiger partial charge < -0.3 is 34.8 Å². The molecule has 2 fully saturated rings. The van der Waals surface area contributed by atoms with Gasteiger partial charge in [-0.05, 0) is 61.1 Å². The molecule has 12 nitrogen and oxygen atoms in total. The number of aromatic amines is 1. The highest BCUT2D eigenvalue weighted by Gasteiger charge is 2.50. The van der Waals surface area contributed by atoms with Crippen molar-refractivity contribution >= 4 is 42.1 Å². The first kappa shape index (κ1) is 32.7. The second kappa shape index (κ2) is 12.1. The molecule has 3 atom stereocenters. The van der Waals surface area contributed by atoms with Gasteiger partial charge in [-0.3, -0.25) is 23.7 Å². The molecule has 2 aromatic carbocycles. The molecule has 250 valence electrons. The summed E-state index contributed by atoms with van der Waals surface area (Å²) in [7, 11) is -5.82. The van der Waals surface area contributed by atoms with E-state index in [0.29, 0.717) is 36.8 Å². The van der Waals surface area contributed by atoms with E-state index >= 15 is 0 Å². The van der Waals surface area contributed by atoms with Crippen molar-refractivity contribution in [2.45, 2.75) is 62.9 Å². The Morgan fingerprint density at radius 2 is 1.81 bits per heavy atom. The Hall–Kier alpha value is -4.20. The van der Waals surface area contributed by atoms with E-state index in [1.165, 1.54) is 28.9 Å². The van der Waals surface area contributed by atoms with E-state index in [1.54, 1.807) is 17.0 Å². The van der Waals surface area contributed by atoms with Crippen LogP contribution < -0.4 is 5.32 Å². The van der Waals surface area contributed by atoms with Crippen LogP contribution in [0.2, 0.25) is 0 Å². The van der Waals surface area contributed by atoms with Crippen molar-refractivity contribution < 1.29 is 46.7 Å². The lowest BCUT2D eigenvalue weighted by Gasteiger charge is -2.40. The minimum atomic E-state index is -5.82. The highest BCUT2D eigenvalue weighted by molar-refractivity contribution is 7.52. The number of halogens is 3. The van der Waals surface area contributed by atoms with E-state index in [1.807, 2.05) is 0 Å². The fourth-order valence-electron chi connectivity index (χ4n) is 6.82. The molecule has 2 saturated heterocycles. The lowest BCUT2D eigenvalue weighted by molar-refractivity contribution is -0.149. The number of hydrogen-bond acceptors (Lipinski definition) is 5. The summed E-state index contributed by atoms with van der Waals surface area (Å²) in [6.07, 6.45) is 1.67. The number of rotatable bonds is 5. The number of carbonyl (C=O) groups excluding carboxylic acids is 4. The predicted octanol–water partition coefficient (Wildman–Crippen LogP) is 2.83. The largest absolute Gasteiger partial charge is 0.399 e. The maximum Gasteiger partial charge on any atom is 0.399 e. The lowest BCUT2D eigenvalue weighted by Crippen LogP contribution is -2.61. The Morgan fingerprint density at radius 3 is 2.53 bits per heavy atom. The van der Waals surface area contributed by atoms with Crippen LogP contribution in [-0.2, 0) is 37.6 Å². The van der Waals surface area contributed by atoms with Crippen molar-refractivity contribution in [2.75, 3.05) is 19.6 Å². The van der Waals surface area contributed by atoms with E-state index < -0.39 is 42.7 Å². The molecule has 4 amide bonds. The molecule has 0 bridgehead atoms. The van der Waals surface area contributed by atoms with Crippen molar-refractivity contribution in [1.82, 2.24) is 25.0 Å². The molecule has 6 rings (SSSR count). The van der Waals surface area contributed by atoms with Crippen LogP contribution in [0.15, 0.2) is 42.5 Å². The number of nitrogens with zero attached hydrogens (tertiary/aromatic N) is 3. The van der Waals surface area contributed by atoms with Gasteiger partial charge in [0.25, 0.3) is 5.91 Å². The van der Waals surface area contributed by atoms with Crippen LogP contribution in [0.25, 0.3) is 10.9 Å². The number of amides is 4. The number of alkyl halides is 2. The molecule has 1 aromatic heterocycles. The Morgan fingerprint density at radius 1 is 1.04 bits per heavy atom. The van der Waals surface area contributed by atoms with E-state index in [9.17, 15) is 36.9 Å². The van der Waals surface area contributed by atoms with Gasteiger partial charge in [-0.15, -0.1) is 0 Å². The molecule has 0 aliphatic carbocycles. The van der Waals surface area contributed by atoms with Crippen molar-refractivity contribution in [3.8, 4) is 0 Å². The lowest BCUT2D eigenvalue weighted by atomic mass is 9.98. The summed E-state index contributed by atoms with van der Waals surface area (Å²) in [4.78, 5) is 79.5. The zero-order chi connectivity index (χ0) is 33.8. The molecule has 4 heterocycles. The smallest absolute Gasteiger partial charge is 0.351 e. The average Bonchev–Trinajstić information content (AvgIpc) is 3.64. The van der Waals surface area contributed by atoms with Gasteiger partial charge in [-0.25, -0.2) is 4.39 Å². The van der Waals surface area contributed by atoms with Gasteiger partial charge >= 0.3 is 13.3 Å². The van der Waals surface area contributed by atoms with Crippen molar-refractivity contribution in [3.05, 3.63) is 70.7 Å². The maximum atomic E-state index is 14.3. The number of benzene rings is 2. The molecule has 0 unspecified atom stereocenters. The SMILES string of the molecule is CC(=O)N1CC[C@H]2CC[C@@H](C(=O)N3CCc4c(F)cccc4C3)N2C(=O)[C@@H](NC(=O)c2cc3cc(C(F)(F)P(=O)(O)O)ccc3[nH]2)C1. The van der Waals surface area contributed by atoms with Crippen molar-refractivity contribution in [2.24, 2.45) is 0 Å². The fourth-order valence-corrected chi connectivity index (χ4v) is 7.29. The first-order valence-electron chi connectivity index (χ1n) is 15.2. The summed E-state index contributed by atoms with van der Waals surface area (Å²) in [6, 6.07) is 6.38. The monoisotopic (exact) mass is 675 g/mol. The Labute approximate surface area is 267 Å². The third-order valence-electron chi connectivity index (χ3n) is 9.32. The van der Waals surface area contributed by atoms with Crippen LogP contribution in [0, 0.1) is 5.82 Å². The zero-order valence-electron chi connectivity index (χ0n) is 25.3. The van der Waals surface area contributed by atoms with Crippen LogP contribution in [0.5, 0.6) is 0 Å².